The molecule has 20 heavy (non-hydrogen) atoms. The predicted octanol–water partition coefficient (Wildman–Crippen LogP) is 0.686. The third-order valence-corrected chi connectivity index (χ3v) is 3.28. The van der Waals surface area contributed by atoms with Crippen LogP contribution in [0.5, 0.6) is 5.88 Å². The van der Waals surface area contributed by atoms with Crippen molar-refractivity contribution in [3.8, 4) is 5.88 Å². The van der Waals surface area contributed by atoms with E-state index in [-0.39, 0.29) is 0 Å². The molecule has 0 amide bonds. The Morgan fingerprint density at radius 1 is 1.65 bits per heavy atom. The van der Waals surface area contributed by atoms with Gasteiger partial charge in [-0.2, -0.15) is 0 Å². The molecule has 1 aromatic rings. The molecule has 2 N–H and O–H groups in total. The van der Waals surface area contributed by atoms with Crippen LogP contribution in [0.1, 0.15) is 6.42 Å². The molecule has 0 aliphatic heterocycles. The Balaban J connectivity index is 2.28. The summed E-state index contributed by atoms with van der Waals surface area (Å²) in [7, 11) is 3.69. The van der Waals surface area contributed by atoms with E-state index in [1.807, 2.05) is 26.2 Å². The normalized spacial score (nSPS) is 19.1. The van der Waals surface area contributed by atoms with Gasteiger partial charge in [-0.05, 0) is 48.2 Å². The van der Waals surface area contributed by atoms with E-state index in [1.54, 1.807) is 16.7 Å². The van der Waals surface area contributed by atoms with Crippen LogP contribution in [0.2, 0.25) is 0 Å². The fourth-order valence-corrected chi connectivity index (χ4v) is 2.16. The quantitative estimate of drug-likeness (QED) is 0.588. The summed E-state index contributed by atoms with van der Waals surface area (Å²) in [5.74, 6) is 1.37. The molecule has 0 saturated heterocycles. The van der Waals surface area contributed by atoms with Crippen molar-refractivity contribution < 1.29 is 9.84 Å². The minimum Gasteiger partial charge on any atom is -0.441 e. The average molecular weight is 388 g/mol. The second kappa shape index (κ2) is 7.00. The van der Waals surface area contributed by atoms with Crippen molar-refractivity contribution in [1.82, 2.24) is 14.9 Å². The maximum absolute atomic E-state index is 9.41. The van der Waals surface area contributed by atoms with Crippen LogP contribution in [0.25, 0.3) is 0 Å². The first-order valence-corrected chi connectivity index (χ1v) is 7.31. The number of aliphatic hydroxyl groups excluding tert-OH is 1. The van der Waals surface area contributed by atoms with Gasteiger partial charge in [-0.1, -0.05) is 6.08 Å². The molecule has 1 atom stereocenters. The number of aromatic nitrogens is 2. The number of hydrogen-bond donors (Lipinski definition) is 2. The van der Waals surface area contributed by atoms with Gasteiger partial charge in [0, 0.05) is 13.1 Å². The van der Waals surface area contributed by atoms with E-state index >= 15 is 0 Å². The Morgan fingerprint density at radius 3 is 3.10 bits per heavy atom. The monoisotopic (exact) mass is 388 g/mol. The lowest BCUT2D eigenvalue weighted by molar-refractivity contribution is 0.222. The zero-order valence-corrected chi connectivity index (χ0v) is 13.5. The summed E-state index contributed by atoms with van der Waals surface area (Å²) in [6.07, 6.45) is 5.49. The van der Waals surface area contributed by atoms with Gasteiger partial charge in [0.1, 0.15) is 9.46 Å². The summed E-state index contributed by atoms with van der Waals surface area (Å²) in [5.41, 5.74) is 0.599. The van der Waals surface area contributed by atoms with Crippen molar-refractivity contribution in [1.29, 1.82) is 0 Å². The summed E-state index contributed by atoms with van der Waals surface area (Å²) in [6, 6.07) is 1.85. The molecule has 1 aliphatic rings. The third kappa shape index (κ3) is 3.90. The Bertz CT molecular complexity index is 607. The van der Waals surface area contributed by atoms with Gasteiger partial charge in [0.05, 0.1) is 12.8 Å². The molecule has 0 saturated carbocycles. The zero-order chi connectivity index (χ0) is 14.5. The van der Waals surface area contributed by atoms with E-state index in [2.05, 4.69) is 37.9 Å². The predicted molar refractivity (Wildman–Crippen MR) is 83.9 cm³/mol. The van der Waals surface area contributed by atoms with E-state index in [1.165, 1.54) is 0 Å². The average Bonchev–Trinajstić information content (AvgIpc) is 2.43. The first-order chi connectivity index (χ1) is 9.60. The summed E-state index contributed by atoms with van der Waals surface area (Å²) >= 11 is 2.13. The van der Waals surface area contributed by atoms with Crippen LogP contribution in [-0.4, -0.2) is 34.5 Å². The summed E-state index contributed by atoms with van der Waals surface area (Å²) in [6.45, 7) is 0.495. The van der Waals surface area contributed by atoms with Gasteiger partial charge in [0.25, 0.3) is 0 Å². The summed E-state index contributed by atoms with van der Waals surface area (Å²) < 4.78 is 8.44. The smallest absolute Gasteiger partial charge is 0.229 e. The van der Waals surface area contributed by atoms with Crippen LogP contribution in [-0.2, 0) is 7.05 Å². The molecular weight excluding hydrogens is 371 g/mol. The van der Waals surface area contributed by atoms with Gasteiger partial charge in [-0.3, -0.25) is 4.57 Å². The topological polar surface area (TPSA) is 71.7 Å². The van der Waals surface area contributed by atoms with Crippen molar-refractivity contribution in [3.63, 3.8) is 0 Å². The molecule has 1 aromatic heterocycles. The number of rotatable bonds is 4. The van der Waals surface area contributed by atoms with E-state index in [4.69, 9.17) is 4.74 Å². The fraction of sp³-hybridized carbons (Fsp3) is 0.385. The Morgan fingerprint density at radius 2 is 2.45 bits per heavy atom. The number of nitrogens with zero attached hydrogens (tertiary/aromatic N) is 3. The lowest BCUT2D eigenvalue weighted by Crippen LogP contribution is -2.26. The summed E-state index contributed by atoms with van der Waals surface area (Å²) in [4.78, 5) is 8.69. The van der Waals surface area contributed by atoms with Crippen LogP contribution < -0.4 is 15.7 Å². The van der Waals surface area contributed by atoms with E-state index in [9.17, 15) is 5.11 Å². The SMILES string of the molecule is CNCN=c1nc(I)cc(OC2=CCC(O)C=C2)n1C. The largest absolute Gasteiger partial charge is 0.441 e. The number of aliphatic hydroxyl groups is 1. The van der Waals surface area contributed by atoms with Gasteiger partial charge < -0.3 is 15.2 Å². The molecule has 0 bridgehead atoms. The van der Waals surface area contributed by atoms with Crippen LogP contribution in [0, 0.1) is 3.70 Å². The molecule has 0 spiro atoms. The molecule has 2 rings (SSSR count). The molecule has 0 radical (unpaired) electrons. The highest BCUT2D eigenvalue weighted by molar-refractivity contribution is 14.1. The maximum Gasteiger partial charge on any atom is 0.229 e. The number of allylic oxidation sites excluding steroid dienone is 1. The lowest BCUT2D eigenvalue weighted by Gasteiger charge is -2.15. The molecule has 7 heteroatoms. The van der Waals surface area contributed by atoms with Crippen molar-refractivity contribution in [3.05, 3.63) is 39.4 Å². The van der Waals surface area contributed by atoms with Crippen LogP contribution in [0.3, 0.4) is 0 Å². The Hall–Kier alpha value is -1.19. The standard InChI is InChI=1S/C13H17IN4O2/c1-15-8-16-13-17-11(14)7-12(18(13)2)20-10-5-3-9(19)4-6-10/h3,5-7,9,15,19H,4,8H2,1-2H3. The van der Waals surface area contributed by atoms with Crippen molar-refractivity contribution in [2.75, 3.05) is 13.7 Å². The van der Waals surface area contributed by atoms with Gasteiger partial charge in [0.2, 0.25) is 11.5 Å². The molecule has 1 unspecified atom stereocenters. The van der Waals surface area contributed by atoms with E-state index < -0.39 is 6.10 Å². The van der Waals surface area contributed by atoms with Crippen LogP contribution in [0.15, 0.2) is 35.0 Å². The zero-order valence-electron chi connectivity index (χ0n) is 11.4. The lowest BCUT2D eigenvalue weighted by atomic mass is 10.1. The molecule has 0 fully saturated rings. The van der Waals surface area contributed by atoms with Crippen molar-refractivity contribution in [2.24, 2.45) is 12.0 Å². The molecule has 0 aromatic carbocycles. The van der Waals surface area contributed by atoms with Crippen molar-refractivity contribution >= 4 is 22.6 Å². The highest BCUT2D eigenvalue weighted by Crippen LogP contribution is 2.17. The molecule has 108 valence electrons. The second-order valence-electron chi connectivity index (χ2n) is 4.32. The Labute approximate surface area is 131 Å². The number of nitrogens with one attached hydrogen (secondary N) is 1. The highest BCUT2D eigenvalue weighted by Gasteiger charge is 2.09. The fourth-order valence-electron chi connectivity index (χ4n) is 1.68. The summed E-state index contributed by atoms with van der Waals surface area (Å²) in [5, 5.41) is 12.4. The molecular formula is C13H17IN4O2. The van der Waals surface area contributed by atoms with Gasteiger partial charge in [0.15, 0.2) is 0 Å². The van der Waals surface area contributed by atoms with Crippen LogP contribution >= 0.6 is 22.6 Å². The van der Waals surface area contributed by atoms with Gasteiger partial charge >= 0.3 is 0 Å². The first-order valence-electron chi connectivity index (χ1n) is 6.23. The minimum absolute atomic E-state index is 0.421. The van der Waals surface area contributed by atoms with Gasteiger partial charge in [-0.25, -0.2) is 9.98 Å². The highest BCUT2D eigenvalue weighted by atomic mass is 127. The number of ether oxygens (including phenoxy) is 1. The van der Waals surface area contributed by atoms with Gasteiger partial charge in [-0.15, -0.1) is 0 Å². The van der Waals surface area contributed by atoms with Crippen molar-refractivity contribution in [2.45, 2.75) is 12.5 Å². The minimum atomic E-state index is -0.421. The Kier molecular flexibility index (Phi) is 5.32. The number of hydrogen-bond acceptors (Lipinski definition) is 5. The molecule has 1 aliphatic carbocycles. The number of halogens is 1. The molecule has 6 nitrogen and oxygen atoms in total. The third-order valence-electron chi connectivity index (χ3n) is 2.72. The maximum atomic E-state index is 9.41. The van der Waals surface area contributed by atoms with E-state index in [0.717, 1.165) is 3.70 Å². The first kappa shape index (κ1) is 15.2. The second-order valence-corrected chi connectivity index (χ2v) is 5.42. The molecule has 1 heterocycles. The van der Waals surface area contributed by atoms with Crippen LogP contribution in [0.4, 0.5) is 0 Å². The van der Waals surface area contributed by atoms with E-state index in [0.29, 0.717) is 30.3 Å².